The second-order valence-electron chi connectivity index (χ2n) is 6.15. The van der Waals surface area contributed by atoms with E-state index >= 15 is 0 Å². The molecule has 142 valence electrons. The van der Waals surface area contributed by atoms with Gasteiger partial charge in [-0.05, 0) is 24.6 Å². The van der Waals surface area contributed by atoms with Crippen LogP contribution in [0.15, 0.2) is 36.7 Å². The molecule has 2 aromatic rings. The molecule has 0 unspecified atom stereocenters. The Balaban J connectivity index is 1.71. The molecule has 0 saturated carbocycles. The summed E-state index contributed by atoms with van der Waals surface area (Å²) in [5, 5.41) is 0. The quantitative estimate of drug-likeness (QED) is 0.826. The zero-order chi connectivity index (χ0) is 19.4. The summed E-state index contributed by atoms with van der Waals surface area (Å²) in [5.74, 6) is -2.07. The number of rotatable bonds is 3. The van der Waals surface area contributed by atoms with E-state index in [1.54, 1.807) is 11.0 Å². The van der Waals surface area contributed by atoms with Crippen LogP contribution in [0.2, 0.25) is 0 Å². The first kappa shape index (κ1) is 18.8. The molecule has 2 heterocycles. The van der Waals surface area contributed by atoms with Crippen molar-refractivity contribution in [2.75, 3.05) is 33.3 Å². The number of carbonyl (C=O) groups is 2. The van der Waals surface area contributed by atoms with Crippen LogP contribution in [-0.4, -0.2) is 59.9 Å². The van der Waals surface area contributed by atoms with Gasteiger partial charge in [0.1, 0.15) is 5.82 Å². The van der Waals surface area contributed by atoms with E-state index in [0.717, 1.165) is 12.3 Å². The Morgan fingerprint density at radius 3 is 2.41 bits per heavy atom. The molecule has 0 spiro atoms. The minimum Gasteiger partial charge on any atom is -0.494 e. The molecule has 0 aliphatic carbocycles. The van der Waals surface area contributed by atoms with Gasteiger partial charge in [0.15, 0.2) is 11.6 Å². The zero-order valence-corrected chi connectivity index (χ0v) is 14.8. The molecule has 0 bridgehead atoms. The van der Waals surface area contributed by atoms with E-state index in [-0.39, 0.29) is 35.9 Å². The number of benzene rings is 1. The fraction of sp³-hybridized carbons (Fsp3) is 0.316. The van der Waals surface area contributed by atoms with Crippen LogP contribution in [0.3, 0.4) is 0 Å². The van der Waals surface area contributed by atoms with Gasteiger partial charge in [-0.3, -0.25) is 14.6 Å². The fourth-order valence-corrected chi connectivity index (χ4v) is 3.04. The molecule has 1 aliphatic heterocycles. The molecule has 1 aromatic carbocycles. The minimum absolute atomic E-state index is 0.00563. The Hall–Kier alpha value is -3.03. The number of amides is 2. The van der Waals surface area contributed by atoms with Crippen LogP contribution < -0.4 is 4.74 Å². The molecular formula is C19H19F2N3O3. The van der Waals surface area contributed by atoms with Gasteiger partial charge in [-0.1, -0.05) is 6.07 Å². The number of aromatic nitrogens is 1. The van der Waals surface area contributed by atoms with E-state index in [1.165, 1.54) is 30.3 Å². The zero-order valence-electron chi connectivity index (χ0n) is 14.8. The number of halogens is 2. The number of ether oxygens (including phenoxy) is 1. The average molecular weight is 375 g/mol. The summed E-state index contributed by atoms with van der Waals surface area (Å²) in [4.78, 5) is 32.0. The van der Waals surface area contributed by atoms with Gasteiger partial charge in [0.2, 0.25) is 0 Å². The molecule has 1 aliphatic rings. The predicted octanol–water partition coefficient (Wildman–Crippen LogP) is 2.36. The summed E-state index contributed by atoms with van der Waals surface area (Å²) in [6.07, 6.45) is 2.87. The molecule has 0 radical (unpaired) electrons. The van der Waals surface area contributed by atoms with Crippen LogP contribution in [0.1, 0.15) is 27.1 Å². The summed E-state index contributed by atoms with van der Waals surface area (Å²) in [6, 6.07) is 5.54. The number of methoxy groups -OCH3 is 1. The summed E-state index contributed by atoms with van der Waals surface area (Å²) < 4.78 is 32.6. The van der Waals surface area contributed by atoms with Crippen molar-refractivity contribution in [2.45, 2.75) is 6.42 Å². The highest BCUT2D eigenvalue weighted by molar-refractivity contribution is 5.95. The molecule has 0 atom stereocenters. The van der Waals surface area contributed by atoms with Gasteiger partial charge in [0.25, 0.3) is 11.8 Å². The lowest BCUT2D eigenvalue weighted by atomic mass is 10.1. The minimum atomic E-state index is -0.701. The molecule has 27 heavy (non-hydrogen) atoms. The standard InChI is InChI=1S/C19H19F2N3O3/c1-27-16-5-2-4-15(17(16)21)19(26)24-7-3-6-23(8-9-24)18(25)13-10-14(20)12-22-11-13/h2,4-5,10-12H,3,6-9H2,1H3. The second-order valence-corrected chi connectivity index (χ2v) is 6.15. The molecule has 3 rings (SSSR count). The van der Waals surface area contributed by atoms with Crippen LogP contribution in [-0.2, 0) is 0 Å². The molecule has 1 saturated heterocycles. The smallest absolute Gasteiger partial charge is 0.257 e. The Labute approximate surface area is 155 Å². The van der Waals surface area contributed by atoms with Gasteiger partial charge < -0.3 is 14.5 Å². The first-order chi connectivity index (χ1) is 13.0. The van der Waals surface area contributed by atoms with Gasteiger partial charge in [0.05, 0.1) is 24.4 Å². The lowest BCUT2D eigenvalue weighted by Gasteiger charge is -2.22. The Kier molecular flexibility index (Phi) is 5.63. The molecule has 1 fully saturated rings. The topological polar surface area (TPSA) is 62.7 Å². The Morgan fingerprint density at radius 1 is 1.04 bits per heavy atom. The lowest BCUT2D eigenvalue weighted by molar-refractivity contribution is 0.0715. The summed E-state index contributed by atoms with van der Waals surface area (Å²) in [6.45, 7) is 1.33. The van der Waals surface area contributed by atoms with Crippen LogP contribution >= 0.6 is 0 Å². The SMILES string of the molecule is COc1cccc(C(=O)N2CCCN(C(=O)c3cncc(F)c3)CC2)c1F. The first-order valence-electron chi connectivity index (χ1n) is 8.53. The van der Waals surface area contributed by atoms with Crippen molar-refractivity contribution in [3.63, 3.8) is 0 Å². The van der Waals surface area contributed by atoms with Crippen molar-refractivity contribution in [2.24, 2.45) is 0 Å². The van der Waals surface area contributed by atoms with E-state index in [0.29, 0.717) is 19.5 Å². The molecule has 1 aromatic heterocycles. The maximum absolute atomic E-state index is 14.4. The number of hydrogen-bond acceptors (Lipinski definition) is 4. The average Bonchev–Trinajstić information content (AvgIpc) is 2.93. The van der Waals surface area contributed by atoms with E-state index in [9.17, 15) is 18.4 Å². The van der Waals surface area contributed by atoms with Gasteiger partial charge in [-0.15, -0.1) is 0 Å². The summed E-state index contributed by atoms with van der Waals surface area (Å²) >= 11 is 0. The third-order valence-electron chi connectivity index (χ3n) is 4.44. The van der Waals surface area contributed by atoms with E-state index < -0.39 is 17.5 Å². The lowest BCUT2D eigenvalue weighted by Crippen LogP contribution is -2.37. The van der Waals surface area contributed by atoms with Crippen LogP contribution in [0, 0.1) is 11.6 Å². The highest BCUT2D eigenvalue weighted by Gasteiger charge is 2.26. The van der Waals surface area contributed by atoms with E-state index in [4.69, 9.17) is 4.74 Å². The summed E-state index contributed by atoms with van der Waals surface area (Å²) in [7, 11) is 1.34. The van der Waals surface area contributed by atoms with Crippen molar-refractivity contribution >= 4 is 11.8 Å². The van der Waals surface area contributed by atoms with E-state index in [1.807, 2.05) is 0 Å². The molecule has 6 nitrogen and oxygen atoms in total. The molecular weight excluding hydrogens is 356 g/mol. The number of carbonyl (C=O) groups excluding carboxylic acids is 2. The molecule has 8 heteroatoms. The number of pyridine rings is 1. The van der Waals surface area contributed by atoms with Gasteiger partial charge in [0, 0.05) is 32.4 Å². The third-order valence-corrected chi connectivity index (χ3v) is 4.44. The number of nitrogens with zero attached hydrogens (tertiary/aromatic N) is 3. The fourth-order valence-electron chi connectivity index (χ4n) is 3.04. The highest BCUT2D eigenvalue weighted by atomic mass is 19.1. The maximum Gasteiger partial charge on any atom is 0.257 e. The summed E-state index contributed by atoms with van der Waals surface area (Å²) in [5.41, 5.74) is 0.0945. The third kappa shape index (κ3) is 4.05. The molecule has 0 N–H and O–H groups in total. The molecule has 2 amide bonds. The van der Waals surface area contributed by atoms with Crippen LogP contribution in [0.4, 0.5) is 8.78 Å². The largest absolute Gasteiger partial charge is 0.494 e. The number of hydrogen-bond donors (Lipinski definition) is 0. The van der Waals surface area contributed by atoms with Crippen molar-refractivity contribution in [1.82, 2.24) is 14.8 Å². The predicted molar refractivity (Wildman–Crippen MR) is 93.6 cm³/mol. The Bertz CT molecular complexity index is 860. The van der Waals surface area contributed by atoms with Crippen LogP contribution in [0.25, 0.3) is 0 Å². The van der Waals surface area contributed by atoms with Crippen molar-refractivity contribution in [3.8, 4) is 5.75 Å². The highest BCUT2D eigenvalue weighted by Crippen LogP contribution is 2.22. The van der Waals surface area contributed by atoms with Crippen molar-refractivity contribution in [1.29, 1.82) is 0 Å². The second kappa shape index (κ2) is 8.11. The van der Waals surface area contributed by atoms with Gasteiger partial charge >= 0.3 is 0 Å². The van der Waals surface area contributed by atoms with Gasteiger partial charge in [-0.25, -0.2) is 8.78 Å². The monoisotopic (exact) mass is 375 g/mol. The Morgan fingerprint density at radius 2 is 1.74 bits per heavy atom. The maximum atomic E-state index is 14.4. The van der Waals surface area contributed by atoms with Crippen molar-refractivity contribution < 1.29 is 23.1 Å². The normalized spacial score (nSPS) is 14.6. The van der Waals surface area contributed by atoms with Gasteiger partial charge in [-0.2, -0.15) is 0 Å². The first-order valence-corrected chi connectivity index (χ1v) is 8.53. The van der Waals surface area contributed by atoms with Crippen molar-refractivity contribution in [3.05, 3.63) is 59.4 Å². The van der Waals surface area contributed by atoms with E-state index in [2.05, 4.69) is 4.98 Å². The van der Waals surface area contributed by atoms with Crippen LogP contribution in [0.5, 0.6) is 5.75 Å².